The first kappa shape index (κ1) is 12.9. The van der Waals surface area contributed by atoms with Gasteiger partial charge in [-0.15, -0.1) is 0 Å². The molecule has 2 aliphatic rings. The van der Waals surface area contributed by atoms with Gasteiger partial charge in [-0.3, -0.25) is 4.79 Å². The summed E-state index contributed by atoms with van der Waals surface area (Å²) in [6, 6.07) is 0.317. The molecule has 3 N–H and O–H groups in total. The Balaban J connectivity index is 2.18. The summed E-state index contributed by atoms with van der Waals surface area (Å²) >= 11 is 0. The number of carbonyl (C=O) groups excluding carboxylic acids is 1. The van der Waals surface area contributed by atoms with Gasteiger partial charge >= 0.3 is 0 Å². The minimum Gasteiger partial charge on any atom is -0.368 e. The van der Waals surface area contributed by atoms with E-state index in [1.165, 1.54) is 25.7 Å². The van der Waals surface area contributed by atoms with Crippen LogP contribution in [0.1, 0.15) is 52.9 Å². The molecule has 1 amide bonds. The highest BCUT2D eigenvalue weighted by atomic mass is 16.1. The number of hydrogen-bond donors (Lipinski definition) is 2. The number of fused-ring (bicyclic) bond motifs is 1. The molecular weight excluding hydrogens is 212 g/mol. The van der Waals surface area contributed by atoms with Gasteiger partial charge in [0.2, 0.25) is 5.91 Å². The maximum Gasteiger partial charge on any atom is 0.234 e. The Kier molecular flexibility index (Phi) is 3.48. The van der Waals surface area contributed by atoms with Crippen LogP contribution in [0.15, 0.2) is 0 Å². The molecule has 1 aliphatic carbocycles. The molecule has 0 radical (unpaired) electrons. The normalized spacial score (nSPS) is 38.5. The Morgan fingerprint density at radius 1 is 1.24 bits per heavy atom. The van der Waals surface area contributed by atoms with Crippen LogP contribution in [0.25, 0.3) is 0 Å². The third-order valence-corrected chi connectivity index (χ3v) is 4.59. The van der Waals surface area contributed by atoms with E-state index in [4.69, 9.17) is 5.73 Å². The van der Waals surface area contributed by atoms with Gasteiger partial charge in [0, 0.05) is 6.04 Å². The monoisotopic (exact) mass is 238 g/mol. The van der Waals surface area contributed by atoms with Crippen LogP contribution in [-0.4, -0.2) is 18.0 Å². The van der Waals surface area contributed by atoms with Crippen molar-refractivity contribution in [1.29, 1.82) is 0 Å². The molecule has 2 rings (SSSR count). The number of nitrogens with one attached hydrogen (secondary N) is 1. The third kappa shape index (κ3) is 2.65. The van der Waals surface area contributed by atoms with E-state index in [0.29, 0.717) is 12.0 Å². The summed E-state index contributed by atoms with van der Waals surface area (Å²) in [7, 11) is 0. The molecule has 3 heteroatoms. The van der Waals surface area contributed by atoms with E-state index in [9.17, 15) is 4.79 Å². The molecule has 0 aromatic rings. The minimum atomic E-state index is -0.178. The van der Waals surface area contributed by atoms with Crippen molar-refractivity contribution in [3.8, 4) is 0 Å². The lowest BCUT2D eigenvalue weighted by Gasteiger charge is -2.49. The predicted molar refractivity (Wildman–Crippen MR) is 69.4 cm³/mol. The fraction of sp³-hybridized carbons (Fsp3) is 0.929. The van der Waals surface area contributed by atoms with E-state index in [-0.39, 0.29) is 17.4 Å². The molecule has 1 aliphatic heterocycles. The molecule has 0 aromatic carbocycles. The molecule has 0 unspecified atom stereocenters. The highest BCUT2D eigenvalue weighted by Gasteiger charge is 2.44. The van der Waals surface area contributed by atoms with Crippen molar-refractivity contribution in [2.24, 2.45) is 23.0 Å². The van der Waals surface area contributed by atoms with Crippen LogP contribution in [-0.2, 0) is 4.79 Å². The zero-order valence-corrected chi connectivity index (χ0v) is 11.3. The van der Waals surface area contributed by atoms with Crippen LogP contribution < -0.4 is 11.1 Å². The van der Waals surface area contributed by atoms with Crippen LogP contribution in [0.3, 0.4) is 0 Å². The van der Waals surface area contributed by atoms with Crippen LogP contribution in [0, 0.1) is 17.3 Å². The summed E-state index contributed by atoms with van der Waals surface area (Å²) in [6.07, 6.45) is 6.21. The largest absolute Gasteiger partial charge is 0.368 e. The first-order valence-electron chi connectivity index (χ1n) is 6.95. The fourth-order valence-corrected chi connectivity index (χ4v) is 3.77. The van der Waals surface area contributed by atoms with Crippen LogP contribution in [0.2, 0.25) is 0 Å². The van der Waals surface area contributed by atoms with Crippen molar-refractivity contribution in [2.45, 2.75) is 65.0 Å². The van der Waals surface area contributed by atoms with Gasteiger partial charge in [0.05, 0.1) is 6.04 Å². The number of hydrogen-bond acceptors (Lipinski definition) is 2. The third-order valence-electron chi connectivity index (χ3n) is 4.59. The molecule has 0 spiro atoms. The van der Waals surface area contributed by atoms with Crippen molar-refractivity contribution >= 4 is 5.91 Å². The Bertz CT molecular complexity index is 295. The van der Waals surface area contributed by atoms with E-state index in [1.807, 2.05) is 0 Å². The quantitative estimate of drug-likeness (QED) is 0.734. The Labute approximate surface area is 105 Å². The summed E-state index contributed by atoms with van der Waals surface area (Å²) in [5, 5.41) is 3.52. The number of rotatable bonds is 1. The topological polar surface area (TPSA) is 55.1 Å². The number of nitrogens with two attached hydrogens (primary N) is 1. The van der Waals surface area contributed by atoms with Crippen molar-refractivity contribution in [2.75, 3.05) is 0 Å². The molecule has 3 nitrogen and oxygen atoms in total. The molecule has 2 fully saturated rings. The maximum atomic E-state index is 11.5. The molecule has 1 saturated heterocycles. The van der Waals surface area contributed by atoms with Gasteiger partial charge in [-0.1, -0.05) is 40.0 Å². The second-order valence-electron chi connectivity index (χ2n) is 6.91. The number of carbonyl (C=O) groups is 1. The minimum absolute atomic E-state index is 0.112. The van der Waals surface area contributed by atoms with Crippen molar-refractivity contribution < 1.29 is 4.79 Å². The number of amides is 1. The number of primary amides is 1. The van der Waals surface area contributed by atoms with Crippen LogP contribution in [0.5, 0.6) is 0 Å². The highest BCUT2D eigenvalue weighted by molar-refractivity contribution is 5.80. The summed E-state index contributed by atoms with van der Waals surface area (Å²) in [5.41, 5.74) is 5.70. The first-order chi connectivity index (χ1) is 7.89. The fourth-order valence-electron chi connectivity index (χ4n) is 3.77. The molecule has 0 bridgehead atoms. The van der Waals surface area contributed by atoms with E-state index >= 15 is 0 Å². The van der Waals surface area contributed by atoms with Crippen molar-refractivity contribution in [3.05, 3.63) is 0 Å². The average molecular weight is 238 g/mol. The maximum absolute atomic E-state index is 11.5. The molecule has 98 valence electrons. The van der Waals surface area contributed by atoms with Crippen LogP contribution >= 0.6 is 0 Å². The molecule has 1 saturated carbocycles. The lowest BCUT2D eigenvalue weighted by molar-refractivity contribution is -0.122. The SMILES string of the molecule is CC(C)(C)[C@H]1N[C@H](C(N)=O)C[C@H]2CCCC[C@H]21. The molecule has 0 aromatic heterocycles. The molecule has 4 atom stereocenters. The highest BCUT2D eigenvalue weighted by Crippen LogP contribution is 2.43. The van der Waals surface area contributed by atoms with Gasteiger partial charge in [-0.25, -0.2) is 0 Å². The van der Waals surface area contributed by atoms with E-state index < -0.39 is 0 Å². The zero-order valence-electron chi connectivity index (χ0n) is 11.3. The zero-order chi connectivity index (χ0) is 12.6. The average Bonchev–Trinajstić information content (AvgIpc) is 2.26. The van der Waals surface area contributed by atoms with E-state index in [0.717, 1.165) is 12.3 Å². The standard InChI is InChI=1S/C14H26N2O/c1-14(2,3)12-10-7-5-4-6-9(10)8-11(16-12)13(15)17/h9-12,16H,4-8H2,1-3H3,(H2,15,17)/t9-,10-,11+,12+/m1/s1. The van der Waals surface area contributed by atoms with Gasteiger partial charge in [0.15, 0.2) is 0 Å². The van der Waals surface area contributed by atoms with Gasteiger partial charge in [0.25, 0.3) is 0 Å². The first-order valence-corrected chi connectivity index (χ1v) is 6.95. The summed E-state index contributed by atoms with van der Waals surface area (Å²) in [6.45, 7) is 6.79. The Hall–Kier alpha value is -0.570. The van der Waals surface area contributed by atoms with Gasteiger partial charge in [-0.2, -0.15) is 0 Å². The molecular formula is C14H26N2O. The van der Waals surface area contributed by atoms with Gasteiger partial charge in [0.1, 0.15) is 0 Å². The summed E-state index contributed by atoms with van der Waals surface area (Å²) < 4.78 is 0. The van der Waals surface area contributed by atoms with E-state index in [1.54, 1.807) is 0 Å². The molecule has 17 heavy (non-hydrogen) atoms. The molecule has 1 heterocycles. The predicted octanol–water partition coefficient (Wildman–Crippen LogP) is 2.05. The second kappa shape index (κ2) is 4.60. The number of piperidine rings is 1. The smallest absolute Gasteiger partial charge is 0.234 e. The van der Waals surface area contributed by atoms with Gasteiger partial charge < -0.3 is 11.1 Å². The lowest BCUT2D eigenvalue weighted by Crippen LogP contribution is -2.60. The Morgan fingerprint density at radius 2 is 1.88 bits per heavy atom. The van der Waals surface area contributed by atoms with Gasteiger partial charge in [-0.05, 0) is 30.1 Å². The Morgan fingerprint density at radius 3 is 2.47 bits per heavy atom. The summed E-state index contributed by atoms with van der Waals surface area (Å²) in [5.74, 6) is 1.26. The summed E-state index contributed by atoms with van der Waals surface area (Å²) in [4.78, 5) is 11.5. The van der Waals surface area contributed by atoms with Crippen molar-refractivity contribution in [1.82, 2.24) is 5.32 Å². The van der Waals surface area contributed by atoms with E-state index in [2.05, 4.69) is 26.1 Å². The lowest BCUT2D eigenvalue weighted by atomic mass is 9.64. The van der Waals surface area contributed by atoms with Crippen LogP contribution in [0.4, 0.5) is 0 Å². The van der Waals surface area contributed by atoms with Crippen molar-refractivity contribution in [3.63, 3.8) is 0 Å². The second-order valence-corrected chi connectivity index (χ2v) is 6.91.